The Bertz CT molecular complexity index is 275. The minimum Gasteiger partial charge on any atom is -0.201 e. The first-order valence-electron chi connectivity index (χ1n) is 3.56. The van der Waals surface area contributed by atoms with E-state index in [0.29, 0.717) is 0 Å². The molecule has 0 spiro atoms. The van der Waals surface area contributed by atoms with E-state index >= 15 is 0 Å². The quantitative estimate of drug-likeness (QED) is 0.422. The Hall–Kier alpha value is -0.930. The van der Waals surface area contributed by atoms with Crippen molar-refractivity contribution >= 4 is 11.6 Å². The number of rotatable bonds is 0. The van der Waals surface area contributed by atoms with Crippen LogP contribution in [0.2, 0.25) is 0 Å². The molecule has 0 aliphatic rings. The Morgan fingerprint density at radius 3 is 1.06 bits per heavy atom. The van der Waals surface area contributed by atoms with Crippen molar-refractivity contribution in [2.24, 2.45) is 0 Å². The summed E-state index contributed by atoms with van der Waals surface area (Å²) in [5, 5.41) is 0. The highest BCUT2D eigenvalue weighted by molar-refractivity contribution is 6.25. The highest BCUT2D eigenvalue weighted by Gasteiger charge is 2.34. The Labute approximate surface area is 98.5 Å². The summed E-state index contributed by atoms with van der Waals surface area (Å²) >= 11 is 4.38. The van der Waals surface area contributed by atoms with E-state index < -0.39 is 36.5 Å². The fourth-order valence-electron chi connectivity index (χ4n) is 0.251. The van der Waals surface area contributed by atoms with Gasteiger partial charge in [0.15, 0.2) is 0 Å². The summed E-state index contributed by atoms with van der Waals surface area (Å²) in [5.74, 6) is -2.28. The van der Waals surface area contributed by atoms with E-state index in [2.05, 4.69) is 11.6 Å². The van der Waals surface area contributed by atoms with E-state index in [1.54, 1.807) is 0 Å². The summed E-state index contributed by atoms with van der Waals surface area (Å²) in [6.07, 6.45) is -16.4. The summed E-state index contributed by atoms with van der Waals surface area (Å²) in [4.78, 5) is 0. The van der Waals surface area contributed by atoms with E-state index in [4.69, 9.17) is 0 Å². The molecule has 0 aliphatic carbocycles. The first-order valence-corrected chi connectivity index (χ1v) is 3.99. The van der Waals surface area contributed by atoms with E-state index in [9.17, 15) is 43.9 Å². The molecule has 0 amide bonds. The van der Waals surface area contributed by atoms with E-state index in [1.807, 2.05) is 0 Å². The van der Waals surface area contributed by atoms with Crippen LogP contribution in [0, 0.1) is 0 Å². The van der Waals surface area contributed by atoms with Crippen molar-refractivity contribution in [1.82, 2.24) is 0 Å². The van der Waals surface area contributed by atoms with Crippen molar-refractivity contribution in [2.45, 2.75) is 18.5 Å². The van der Waals surface area contributed by atoms with Crippen LogP contribution in [0.15, 0.2) is 23.5 Å². The third-order valence-corrected chi connectivity index (χ3v) is 1.02. The summed E-state index contributed by atoms with van der Waals surface area (Å²) < 4.78 is 110. The maximum atomic E-state index is 11.2. The van der Waals surface area contributed by atoms with Gasteiger partial charge in [0.2, 0.25) is 5.83 Å². The second kappa shape index (κ2) is 6.86. The Morgan fingerprint density at radius 1 is 0.722 bits per heavy atom. The SMILES string of the molecule is F/C(=C\Cl)C(F)(F)F.FC(F)(F)/C=C\C(F)(F)F. The number of alkyl halides is 9. The molecule has 0 heterocycles. The van der Waals surface area contributed by atoms with Crippen LogP contribution >= 0.6 is 11.6 Å². The maximum absolute atomic E-state index is 11.2. The standard InChI is InChI=1S/C4H2F6.C3HClF4/c5-3(6,7)1-2-4(8,9)10;4-1-2(5)3(6,7)8/h1-2H;1H/b2*2-1-. The van der Waals surface area contributed by atoms with Crippen LogP contribution in [0.1, 0.15) is 0 Å². The minimum absolute atomic E-state index is 0.153. The highest BCUT2D eigenvalue weighted by atomic mass is 35.5. The molecule has 0 atom stereocenters. The molecule has 0 radical (unpaired) electrons. The number of halogens is 11. The lowest BCUT2D eigenvalue weighted by Crippen LogP contribution is -2.07. The monoisotopic (exact) mass is 312 g/mol. The van der Waals surface area contributed by atoms with Gasteiger partial charge in [0, 0.05) is 17.7 Å². The zero-order valence-corrected chi connectivity index (χ0v) is 8.65. The van der Waals surface area contributed by atoms with Crippen LogP contribution < -0.4 is 0 Å². The first-order chi connectivity index (χ1) is 7.69. The molecule has 108 valence electrons. The number of hydrogen-bond donors (Lipinski definition) is 0. The predicted octanol–water partition coefficient (Wildman–Crippen LogP) is 5.27. The molecule has 0 saturated carbocycles. The fraction of sp³-hybridized carbons (Fsp3) is 0.429. The maximum Gasteiger partial charge on any atom is 0.443 e. The van der Waals surface area contributed by atoms with Gasteiger partial charge >= 0.3 is 18.5 Å². The second-order valence-corrected chi connectivity index (χ2v) is 2.59. The number of hydrogen-bond acceptors (Lipinski definition) is 0. The van der Waals surface area contributed by atoms with Crippen molar-refractivity contribution in [1.29, 1.82) is 0 Å². The van der Waals surface area contributed by atoms with Crippen molar-refractivity contribution in [3.05, 3.63) is 23.5 Å². The lowest BCUT2D eigenvalue weighted by Gasteiger charge is -1.99. The molecule has 0 saturated heterocycles. The van der Waals surface area contributed by atoms with Crippen molar-refractivity contribution in [3.8, 4) is 0 Å². The minimum atomic E-state index is -4.93. The van der Waals surface area contributed by atoms with Crippen LogP contribution in [0.4, 0.5) is 43.9 Å². The van der Waals surface area contributed by atoms with Gasteiger partial charge in [-0.2, -0.15) is 39.5 Å². The van der Waals surface area contributed by atoms with Crippen molar-refractivity contribution in [3.63, 3.8) is 0 Å². The smallest absolute Gasteiger partial charge is 0.201 e. The molecule has 0 aromatic heterocycles. The van der Waals surface area contributed by atoms with Crippen LogP contribution in [0.5, 0.6) is 0 Å². The molecule has 0 aromatic rings. The average Bonchev–Trinajstić information content (AvgIpc) is 2.11. The molecule has 0 bridgehead atoms. The summed E-state index contributed by atoms with van der Waals surface area (Å²) in [6.45, 7) is 0. The van der Waals surface area contributed by atoms with Crippen molar-refractivity contribution < 1.29 is 43.9 Å². The lowest BCUT2D eigenvalue weighted by atomic mass is 10.5. The van der Waals surface area contributed by atoms with Crippen LogP contribution in [-0.4, -0.2) is 18.5 Å². The fourth-order valence-corrected chi connectivity index (χ4v) is 0.375. The summed E-state index contributed by atoms with van der Waals surface area (Å²) in [6, 6.07) is 0. The Morgan fingerprint density at radius 2 is 1.00 bits per heavy atom. The molecule has 0 N–H and O–H groups in total. The van der Waals surface area contributed by atoms with Crippen molar-refractivity contribution in [2.75, 3.05) is 0 Å². The summed E-state index contributed by atoms with van der Waals surface area (Å²) in [7, 11) is 0. The zero-order chi connectivity index (χ0) is 15.2. The summed E-state index contributed by atoms with van der Waals surface area (Å²) in [5.41, 5.74) is -0.153. The predicted molar refractivity (Wildman–Crippen MR) is 42.3 cm³/mol. The normalized spacial score (nSPS) is 14.5. The van der Waals surface area contributed by atoms with Crippen LogP contribution in [0.25, 0.3) is 0 Å². The topological polar surface area (TPSA) is 0 Å². The van der Waals surface area contributed by atoms with Gasteiger partial charge < -0.3 is 0 Å². The number of allylic oxidation sites excluding steroid dienone is 3. The van der Waals surface area contributed by atoms with Crippen LogP contribution in [-0.2, 0) is 0 Å². The van der Waals surface area contributed by atoms with Gasteiger partial charge in [-0.15, -0.1) is 0 Å². The Balaban J connectivity index is 0. The molecule has 0 nitrogen and oxygen atoms in total. The van der Waals surface area contributed by atoms with Gasteiger partial charge in [-0.3, -0.25) is 0 Å². The second-order valence-electron chi connectivity index (χ2n) is 2.37. The van der Waals surface area contributed by atoms with E-state index in [1.165, 1.54) is 0 Å². The molecule has 0 aliphatic heterocycles. The molecule has 0 rings (SSSR count). The molecular weight excluding hydrogens is 310 g/mol. The lowest BCUT2D eigenvalue weighted by molar-refractivity contribution is -0.108. The van der Waals surface area contributed by atoms with Gasteiger partial charge in [0.05, 0.1) is 0 Å². The van der Waals surface area contributed by atoms with Gasteiger partial charge in [0.25, 0.3) is 0 Å². The van der Waals surface area contributed by atoms with Gasteiger partial charge in [-0.05, 0) is 0 Å². The van der Waals surface area contributed by atoms with E-state index in [-0.39, 0.29) is 5.54 Å². The third kappa shape index (κ3) is 15.1. The first kappa shape index (κ1) is 19.4. The zero-order valence-electron chi connectivity index (χ0n) is 7.89. The Kier molecular flexibility index (Phi) is 7.39. The molecular formula is C7H3ClF10. The molecule has 0 aromatic carbocycles. The largest absolute Gasteiger partial charge is 0.443 e. The molecule has 11 heteroatoms. The van der Waals surface area contributed by atoms with Gasteiger partial charge in [-0.1, -0.05) is 11.6 Å². The van der Waals surface area contributed by atoms with Gasteiger partial charge in [-0.25, -0.2) is 4.39 Å². The molecule has 0 unspecified atom stereocenters. The molecule has 18 heavy (non-hydrogen) atoms. The van der Waals surface area contributed by atoms with Gasteiger partial charge in [0.1, 0.15) is 0 Å². The van der Waals surface area contributed by atoms with Crippen LogP contribution in [0.3, 0.4) is 0 Å². The highest BCUT2D eigenvalue weighted by Crippen LogP contribution is 2.26. The van der Waals surface area contributed by atoms with E-state index in [0.717, 1.165) is 0 Å². The average molecular weight is 313 g/mol. The third-order valence-electron chi connectivity index (χ3n) is 0.828. The molecule has 0 fully saturated rings.